The Bertz CT molecular complexity index is 531. The summed E-state index contributed by atoms with van der Waals surface area (Å²) in [5.41, 5.74) is 1.74. The Kier molecular flexibility index (Phi) is 4.80. The average molecular weight is 291 g/mol. The monoisotopic (exact) mass is 291 g/mol. The van der Waals surface area contributed by atoms with E-state index in [-0.39, 0.29) is 18.4 Å². The fourth-order valence-electron chi connectivity index (χ4n) is 2.56. The molecule has 1 aromatic rings. The lowest BCUT2D eigenvalue weighted by molar-refractivity contribution is -0.137. The van der Waals surface area contributed by atoms with Crippen LogP contribution in [0.3, 0.4) is 0 Å². The largest absolute Gasteiger partial charge is 0.481 e. The molecular weight excluding hydrogens is 270 g/mol. The van der Waals surface area contributed by atoms with Crippen LogP contribution >= 0.6 is 0 Å². The van der Waals surface area contributed by atoms with Crippen molar-refractivity contribution in [2.24, 2.45) is 0 Å². The molecule has 2 rings (SSSR count). The van der Waals surface area contributed by atoms with Gasteiger partial charge in [-0.05, 0) is 25.7 Å². The second-order valence-electron chi connectivity index (χ2n) is 5.50. The van der Waals surface area contributed by atoms with Crippen molar-refractivity contribution in [3.05, 3.63) is 29.8 Å². The minimum Gasteiger partial charge on any atom is -0.481 e. The number of hydrogen-bond donors (Lipinski definition) is 2. The summed E-state index contributed by atoms with van der Waals surface area (Å²) in [5.74, 6) is -0.983. The van der Waals surface area contributed by atoms with E-state index in [4.69, 9.17) is 5.11 Å². The van der Waals surface area contributed by atoms with Crippen LogP contribution < -0.4 is 10.2 Å². The van der Waals surface area contributed by atoms with E-state index in [1.165, 1.54) is 0 Å². The van der Waals surface area contributed by atoms with Crippen LogP contribution in [-0.2, 0) is 4.79 Å². The third kappa shape index (κ3) is 3.72. The number of urea groups is 1. The number of nitrogens with one attached hydrogen (secondary N) is 1. The topological polar surface area (TPSA) is 72.9 Å². The number of carboxylic acid groups (broad SMARTS) is 1. The van der Waals surface area contributed by atoms with Gasteiger partial charge in [0.05, 0.1) is 6.42 Å². The highest BCUT2D eigenvalue weighted by atomic mass is 16.4. The zero-order valence-electron chi connectivity index (χ0n) is 12.4. The number of para-hydroxylation sites is 1. The molecule has 1 atom stereocenters. The summed E-state index contributed by atoms with van der Waals surface area (Å²) in [7, 11) is 3.89. The Morgan fingerprint density at radius 1 is 1.38 bits per heavy atom. The van der Waals surface area contributed by atoms with Gasteiger partial charge in [0.1, 0.15) is 0 Å². The standard InChI is InChI=1S/C15H21N3O3/c1-17(2)8-7-16-15(21)18-10-11(9-14(19)20)12-5-3-4-6-13(12)18/h3-6,11H,7-10H2,1-2H3,(H,16,21)(H,19,20). The third-order valence-electron chi connectivity index (χ3n) is 3.57. The van der Waals surface area contributed by atoms with Crippen LogP contribution in [0.2, 0.25) is 0 Å². The molecule has 21 heavy (non-hydrogen) atoms. The summed E-state index contributed by atoms with van der Waals surface area (Å²) in [4.78, 5) is 26.9. The smallest absolute Gasteiger partial charge is 0.321 e. The van der Waals surface area contributed by atoms with Crippen molar-refractivity contribution < 1.29 is 14.7 Å². The lowest BCUT2D eigenvalue weighted by Gasteiger charge is -2.19. The molecule has 114 valence electrons. The van der Waals surface area contributed by atoms with Crippen molar-refractivity contribution in [3.8, 4) is 0 Å². The number of anilines is 1. The molecule has 0 aliphatic carbocycles. The minimum atomic E-state index is -0.843. The molecule has 0 fully saturated rings. The highest BCUT2D eigenvalue weighted by molar-refractivity contribution is 5.95. The van der Waals surface area contributed by atoms with Crippen molar-refractivity contribution in [3.63, 3.8) is 0 Å². The van der Waals surface area contributed by atoms with E-state index in [9.17, 15) is 9.59 Å². The molecule has 2 amide bonds. The number of aliphatic carboxylic acids is 1. The number of amides is 2. The van der Waals surface area contributed by atoms with Gasteiger partial charge in [0, 0.05) is 31.2 Å². The lowest BCUT2D eigenvalue weighted by Crippen LogP contribution is -2.42. The van der Waals surface area contributed by atoms with Crippen LogP contribution in [0, 0.1) is 0 Å². The molecule has 6 nitrogen and oxygen atoms in total. The number of carbonyl (C=O) groups excluding carboxylic acids is 1. The molecule has 0 saturated heterocycles. The second-order valence-corrected chi connectivity index (χ2v) is 5.50. The normalized spacial score (nSPS) is 16.9. The first-order valence-corrected chi connectivity index (χ1v) is 7.00. The number of hydrogen-bond acceptors (Lipinski definition) is 3. The predicted molar refractivity (Wildman–Crippen MR) is 80.7 cm³/mol. The maximum Gasteiger partial charge on any atom is 0.321 e. The molecular formula is C15H21N3O3. The Balaban J connectivity index is 2.07. The molecule has 2 N–H and O–H groups in total. The van der Waals surface area contributed by atoms with Crippen LogP contribution in [-0.4, -0.2) is 55.7 Å². The predicted octanol–water partition coefficient (Wildman–Crippen LogP) is 1.34. The Labute approximate surface area is 124 Å². The first-order chi connectivity index (χ1) is 9.99. The van der Waals surface area contributed by atoms with E-state index in [2.05, 4.69) is 5.32 Å². The zero-order valence-corrected chi connectivity index (χ0v) is 12.4. The van der Waals surface area contributed by atoms with Gasteiger partial charge in [0.15, 0.2) is 0 Å². The van der Waals surface area contributed by atoms with E-state index < -0.39 is 5.97 Å². The number of nitrogens with zero attached hydrogens (tertiary/aromatic N) is 2. The van der Waals surface area contributed by atoms with Gasteiger partial charge >= 0.3 is 12.0 Å². The highest BCUT2D eigenvalue weighted by Crippen LogP contribution is 2.37. The fraction of sp³-hybridized carbons (Fsp3) is 0.467. The van der Waals surface area contributed by atoms with Gasteiger partial charge in [-0.3, -0.25) is 9.69 Å². The van der Waals surface area contributed by atoms with Crippen molar-refractivity contribution in [2.75, 3.05) is 38.6 Å². The van der Waals surface area contributed by atoms with Crippen LogP contribution in [0.15, 0.2) is 24.3 Å². The van der Waals surface area contributed by atoms with Crippen molar-refractivity contribution in [1.29, 1.82) is 0 Å². The molecule has 1 unspecified atom stereocenters. The van der Waals surface area contributed by atoms with Gasteiger partial charge in [-0.2, -0.15) is 0 Å². The average Bonchev–Trinajstić information content (AvgIpc) is 2.77. The summed E-state index contributed by atoms with van der Waals surface area (Å²) in [6.07, 6.45) is 0.0402. The summed E-state index contributed by atoms with van der Waals surface area (Å²) >= 11 is 0. The van der Waals surface area contributed by atoms with Crippen LogP contribution in [0.1, 0.15) is 17.9 Å². The number of likely N-dealkylation sites (N-methyl/N-ethyl adjacent to an activating group) is 1. The van der Waals surface area contributed by atoms with E-state index in [0.29, 0.717) is 13.1 Å². The Morgan fingerprint density at radius 3 is 2.76 bits per heavy atom. The maximum atomic E-state index is 12.3. The molecule has 0 radical (unpaired) electrons. The van der Waals surface area contributed by atoms with Gasteiger partial charge in [0.2, 0.25) is 0 Å². The fourth-order valence-corrected chi connectivity index (χ4v) is 2.56. The summed E-state index contributed by atoms with van der Waals surface area (Å²) in [5, 5.41) is 11.9. The zero-order chi connectivity index (χ0) is 15.4. The van der Waals surface area contributed by atoms with Crippen molar-refractivity contribution in [2.45, 2.75) is 12.3 Å². The van der Waals surface area contributed by atoms with Crippen molar-refractivity contribution >= 4 is 17.7 Å². The number of fused-ring (bicyclic) bond motifs is 1. The first-order valence-electron chi connectivity index (χ1n) is 7.00. The summed E-state index contributed by atoms with van der Waals surface area (Å²) < 4.78 is 0. The highest BCUT2D eigenvalue weighted by Gasteiger charge is 2.33. The van der Waals surface area contributed by atoms with Crippen LogP contribution in [0.5, 0.6) is 0 Å². The van der Waals surface area contributed by atoms with E-state index in [1.807, 2.05) is 43.3 Å². The molecule has 1 aromatic carbocycles. The summed E-state index contributed by atoms with van der Waals surface area (Å²) in [6, 6.07) is 7.33. The molecule has 0 aromatic heterocycles. The molecule has 0 bridgehead atoms. The Morgan fingerprint density at radius 2 is 2.10 bits per heavy atom. The molecule has 6 heteroatoms. The molecule has 0 saturated carbocycles. The minimum absolute atomic E-state index is 0.0402. The van der Waals surface area contributed by atoms with Crippen LogP contribution in [0.4, 0.5) is 10.5 Å². The Hall–Kier alpha value is -2.08. The number of carboxylic acids is 1. The number of carbonyl (C=O) groups is 2. The third-order valence-corrected chi connectivity index (χ3v) is 3.57. The van der Waals surface area contributed by atoms with Crippen LogP contribution in [0.25, 0.3) is 0 Å². The SMILES string of the molecule is CN(C)CCNC(=O)N1CC(CC(=O)O)c2ccccc21. The molecule has 1 aliphatic rings. The number of benzene rings is 1. The van der Waals surface area contributed by atoms with Gasteiger partial charge < -0.3 is 15.3 Å². The van der Waals surface area contributed by atoms with Gasteiger partial charge in [-0.25, -0.2) is 4.79 Å². The van der Waals surface area contributed by atoms with Crippen molar-refractivity contribution in [1.82, 2.24) is 10.2 Å². The maximum absolute atomic E-state index is 12.3. The summed E-state index contributed by atoms with van der Waals surface area (Å²) in [6.45, 7) is 1.74. The molecule has 0 spiro atoms. The quantitative estimate of drug-likeness (QED) is 0.858. The first kappa shape index (κ1) is 15.3. The van der Waals surface area contributed by atoms with E-state index >= 15 is 0 Å². The molecule has 1 heterocycles. The van der Waals surface area contributed by atoms with Gasteiger partial charge in [0.25, 0.3) is 0 Å². The second kappa shape index (κ2) is 6.58. The van der Waals surface area contributed by atoms with E-state index in [1.54, 1.807) is 4.90 Å². The van der Waals surface area contributed by atoms with E-state index in [0.717, 1.165) is 17.8 Å². The lowest BCUT2D eigenvalue weighted by atomic mass is 9.98. The van der Waals surface area contributed by atoms with Gasteiger partial charge in [-0.1, -0.05) is 18.2 Å². The number of rotatable bonds is 5. The molecule has 1 aliphatic heterocycles. The van der Waals surface area contributed by atoms with Gasteiger partial charge in [-0.15, -0.1) is 0 Å².